The highest BCUT2D eigenvalue weighted by Gasteiger charge is 2.15. The van der Waals surface area contributed by atoms with E-state index in [9.17, 15) is 4.79 Å². The number of hydrogen-bond donors (Lipinski definition) is 1. The molecule has 12 nitrogen and oxygen atoms in total. The Kier molecular flexibility index (Phi) is 39.8. The maximum Gasteiger partial charge on any atom is 0.407 e. The maximum atomic E-state index is 11.5. The van der Waals surface area contributed by atoms with E-state index in [1.807, 2.05) is 20.8 Å². The van der Waals surface area contributed by atoms with Gasteiger partial charge in [-0.2, -0.15) is 0 Å². The van der Waals surface area contributed by atoms with Gasteiger partial charge in [0.15, 0.2) is 0 Å². The van der Waals surface area contributed by atoms with Crippen LogP contribution in [0.2, 0.25) is 0 Å². The molecule has 0 bridgehead atoms. The first-order valence-corrected chi connectivity index (χ1v) is 19.6. The van der Waals surface area contributed by atoms with Crippen LogP contribution in [0.15, 0.2) is 0 Å². The van der Waals surface area contributed by atoms with Crippen molar-refractivity contribution < 1.29 is 52.2 Å². The minimum Gasteiger partial charge on any atom is -0.444 e. The second kappa shape index (κ2) is 40.7. The molecule has 0 heterocycles. The third-order valence-corrected chi connectivity index (χ3v) is 7.28. The Morgan fingerprint density at radius 1 is 0.380 bits per heavy atom. The molecule has 1 N–H and O–H groups in total. The molecule has 0 radical (unpaired) electrons. The van der Waals surface area contributed by atoms with Crippen molar-refractivity contribution in [1.82, 2.24) is 5.32 Å². The standard InChI is InChI=1S/C38H77NO11/c1-5-6-7-8-9-10-11-12-13-14-15-16-17-19-41-21-23-43-25-27-45-29-31-47-33-35-49-36-34-48-32-30-46-28-26-44-24-22-42-20-18-39-37(40)50-38(2,3)4/h5-36H2,1-4H3,(H,39,40). The topological polar surface area (TPSA) is 121 Å². The van der Waals surface area contributed by atoms with Gasteiger partial charge in [0, 0.05) is 13.2 Å². The van der Waals surface area contributed by atoms with Gasteiger partial charge in [-0.3, -0.25) is 0 Å². The Morgan fingerprint density at radius 2 is 0.640 bits per heavy atom. The summed E-state index contributed by atoms with van der Waals surface area (Å²) in [6.45, 7) is 17.7. The zero-order valence-electron chi connectivity index (χ0n) is 32.6. The first-order chi connectivity index (χ1) is 24.5. The molecule has 0 spiro atoms. The second-order valence-corrected chi connectivity index (χ2v) is 13.2. The molecular formula is C38H77NO11. The zero-order valence-corrected chi connectivity index (χ0v) is 32.6. The van der Waals surface area contributed by atoms with Crippen LogP contribution in [0, 0.1) is 0 Å². The van der Waals surface area contributed by atoms with Crippen LogP contribution in [0.3, 0.4) is 0 Å². The summed E-state index contributed by atoms with van der Waals surface area (Å²) < 4.78 is 54.7. The van der Waals surface area contributed by atoms with E-state index < -0.39 is 11.7 Å². The van der Waals surface area contributed by atoms with Gasteiger partial charge in [-0.1, -0.05) is 84.0 Å². The van der Waals surface area contributed by atoms with Crippen LogP contribution in [0.5, 0.6) is 0 Å². The van der Waals surface area contributed by atoms with Crippen molar-refractivity contribution in [2.75, 3.05) is 125 Å². The summed E-state index contributed by atoms with van der Waals surface area (Å²) in [5.41, 5.74) is -0.507. The van der Waals surface area contributed by atoms with Crippen LogP contribution in [-0.2, 0) is 47.4 Å². The zero-order chi connectivity index (χ0) is 36.5. The Morgan fingerprint density at radius 3 is 0.940 bits per heavy atom. The number of unbranched alkanes of at least 4 members (excludes halogenated alkanes) is 12. The molecule has 0 aromatic heterocycles. The summed E-state index contributed by atoms with van der Waals surface area (Å²) in [6, 6.07) is 0. The molecule has 0 aromatic carbocycles. The average Bonchev–Trinajstić information content (AvgIpc) is 3.08. The minimum atomic E-state index is -0.507. The van der Waals surface area contributed by atoms with Gasteiger partial charge in [-0.15, -0.1) is 0 Å². The normalized spacial score (nSPS) is 11.8. The lowest BCUT2D eigenvalue weighted by molar-refractivity contribution is -0.0250. The second-order valence-electron chi connectivity index (χ2n) is 13.2. The molecule has 0 aliphatic rings. The van der Waals surface area contributed by atoms with Gasteiger partial charge in [0.2, 0.25) is 0 Å². The molecule has 1 amide bonds. The fourth-order valence-corrected chi connectivity index (χ4v) is 4.62. The van der Waals surface area contributed by atoms with Gasteiger partial charge in [0.1, 0.15) is 5.60 Å². The minimum absolute atomic E-state index is 0.389. The van der Waals surface area contributed by atoms with Crippen LogP contribution in [0.4, 0.5) is 4.79 Å². The number of nitrogens with one attached hydrogen (secondary N) is 1. The molecule has 0 aliphatic carbocycles. The number of carbonyl (C=O) groups is 1. The van der Waals surface area contributed by atoms with Crippen molar-refractivity contribution in [3.8, 4) is 0 Å². The number of carbonyl (C=O) groups excluding carboxylic acids is 1. The predicted molar refractivity (Wildman–Crippen MR) is 197 cm³/mol. The van der Waals surface area contributed by atoms with Crippen LogP contribution >= 0.6 is 0 Å². The number of ether oxygens (including phenoxy) is 10. The van der Waals surface area contributed by atoms with E-state index in [0.717, 1.165) is 13.0 Å². The Bertz CT molecular complexity index is 667. The summed E-state index contributed by atoms with van der Waals surface area (Å²) in [5.74, 6) is 0. The molecule has 0 saturated carbocycles. The van der Waals surface area contributed by atoms with Gasteiger partial charge in [-0.05, 0) is 27.2 Å². The number of hydrogen-bond acceptors (Lipinski definition) is 11. The molecule has 300 valence electrons. The fraction of sp³-hybridized carbons (Fsp3) is 0.974. The van der Waals surface area contributed by atoms with Crippen molar-refractivity contribution >= 4 is 6.09 Å². The number of amides is 1. The molecule has 0 saturated heterocycles. The number of alkyl carbamates (subject to hydrolysis) is 1. The Balaban J connectivity index is 3.09. The lowest BCUT2D eigenvalue weighted by atomic mass is 10.0. The molecule has 0 aliphatic heterocycles. The van der Waals surface area contributed by atoms with Gasteiger partial charge in [-0.25, -0.2) is 4.79 Å². The third-order valence-electron chi connectivity index (χ3n) is 7.28. The first kappa shape index (κ1) is 48.9. The summed E-state index contributed by atoms with van der Waals surface area (Å²) in [5, 5.41) is 2.64. The smallest absolute Gasteiger partial charge is 0.407 e. The van der Waals surface area contributed by atoms with Crippen LogP contribution in [-0.4, -0.2) is 137 Å². The monoisotopic (exact) mass is 724 g/mol. The van der Waals surface area contributed by atoms with Crippen molar-refractivity contribution in [3.05, 3.63) is 0 Å². The lowest BCUT2D eigenvalue weighted by Gasteiger charge is -2.19. The van der Waals surface area contributed by atoms with Gasteiger partial charge in [0.25, 0.3) is 0 Å². The third kappa shape index (κ3) is 44.9. The molecular weight excluding hydrogens is 646 g/mol. The Hall–Kier alpha value is -1.09. The molecule has 50 heavy (non-hydrogen) atoms. The van der Waals surface area contributed by atoms with E-state index in [2.05, 4.69) is 12.2 Å². The van der Waals surface area contributed by atoms with Gasteiger partial charge < -0.3 is 52.7 Å². The molecule has 12 heteroatoms. The highest BCUT2D eigenvalue weighted by atomic mass is 16.6. The maximum absolute atomic E-state index is 11.5. The largest absolute Gasteiger partial charge is 0.444 e. The predicted octanol–water partition coefficient (Wildman–Crippen LogP) is 6.75. The molecule has 0 rings (SSSR count). The molecule has 0 unspecified atom stereocenters. The van der Waals surface area contributed by atoms with Gasteiger partial charge >= 0.3 is 6.09 Å². The highest BCUT2D eigenvalue weighted by molar-refractivity contribution is 5.67. The summed E-state index contributed by atoms with van der Waals surface area (Å²) in [6.07, 6.45) is 17.3. The van der Waals surface area contributed by atoms with E-state index >= 15 is 0 Å². The van der Waals surface area contributed by atoms with E-state index in [1.165, 1.54) is 77.0 Å². The average molecular weight is 724 g/mol. The Labute approximate surface area is 305 Å². The van der Waals surface area contributed by atoms with Crippen LogP contribution in [0.1, 0.15) is 111 Å². The van der Waals surface area contributed by atoms with Crippen LogP contribution < -0.4 is 5.32 Å². The quantitative estimate of drug-likeness (QED) is 0.0675. The van der Waals surface area contributed by atoms with Crippen molar-refractivity contribution in [2.24, 2.45) is 0 Å². The fourth-order valence-electron chi connectivity index (χ4n) is 4.62. The molecule has 0 atom stereocenters. The molecule has 0 fully saturated rings. The lowest BCUT2D eigenvalue weighted by Crippen LogP contribution is -2.34. The van der Waals surface area contributed by atoms with E-state index in [0.29, 0.717) is 119 Å². The van der Waals surface area contributed by atoms with E-state index in [-0.39, 0.29) is 0 Å². The summed E-state index contributed by atoms with van der Waals surface area (Å²) >= 11 is 0. The summed E-state index contributed by atoms with van der Waals surface area (Å²) in [7, 11) is 0. The SMILES string of the molecule is CCCCCCCCCCCCCCCOCCOCCOCCOCCOCCOCCOCCOCCOCCNC(=O)OC(C)(C)C. The summed E-state index contributed by atoms with van der Waals surface area (Å²) in [4.78, 5) is 11.5. The first-order valence-electron chi connectivity index (χ1n) is 19.6. The molecule has 0 aromatic rings. The van der Waals surface area contributed by atoms with Crippen molar-refractivity contribution in [2.45, 2.75) is 117 Å². The van der Waals surface area contributed by atoms with Gasteiger partial charge in [0.05, 0.1) is 112 Å². The van der Waals surface area contributed by atoms with E-state index in [4.69, 9.17) is 47.4 Å². The highest BCUT2D eigenvalue weighted by Crippen LogP contribution is 2.12. The van der Waals surface area contributed by atoms with Crippen molar-refractivity contribution in [3.63, 3.8) is 0 Å². The number of rotatable bonds is 41. The van der Waals surface area contributed by atoms with Crippen molar-refractivity contribution in [1.29, 1.82) is 0 Å². The van der Waals surface area contributed by atoms with E-state index in [1.54, 1.807) is 0 Å². The van der Waals surface area contributed by atoms with Crippen LogP contribution in [0.25, 0.3) is 0 Å².